The van der Waals surface area contributed by atoms with Crippen LogP contribution in [0.3, 0.4) is 0 Å². The molecule has 0 N–H and O–H groups in total. The maximum absolute atomic E-state index is 6.54. The topological polar surface area (TPSA) is 42.4 Å². The number of anilines is 3. The minimum absolute atomic E-state index is 0.624. The highest BCUT2D eigenvalue weighted by molar-refractivity contribution is 6.19. The number of oxazole rings is 1. The maximum Gasteiger partial charge on any atom is 0.227 e. The summed E-state index contributed by atoms with van der Waals surface area (Å²) in [6.07, 6.45) is 0. The Bertz CT molecular complexity index is 2830. The van der Waals surface area contributed by atoms with Gasteiger partial charge in [-0.15, -0.1) is 0 Å². The standard InChI is InChI=1S/C45H28N2O2/c1-3-11-31(12-4-1)45-46-39-26-24-30-22-21-29-23-25-35(28-38(29)42(30)44(39)49-45)47(33-14-5-2-6-15-33)34-16-9-13-32(27-34)36-18-10-20-41-43(36)37-17-7-8-19-40(37)48-41/h1-28H. The molecule has 0 aliphatic rings. The van der Waals surface area contributed by atoms with Crippen molar-refractivity contribution in [2.75, 3.05) is 4.90 Å². The molecule has 230 valence electrons. The molecule has 0 atom stereocenters. The molecule has 8 aromatic carbocycles. The molecule has 0 amide bonds. The van der Waals surface area contributed by atoms with E-state index in [-0.39, 0.29) is 0 Å². The third kappa shape index (κ3) is 4.49. The number of furan rings is 1. The van der Waals surface area contributed by atoms with Crippen LogP contribution in [0.15, 0.2) is 179 Å². The molecular weight excluding hydrogens is 601 g/mol. The zero-order chi connectivity index (χ0) is 32.3. The van der Waals surface area contributed by atoms with Gasteiger partial charge in [0, 0.05) is 38.8 Å². The Morgan fingerprint density at radius 3 is 2.00 bits per heavy atom. The smallest absolute Gasteiger partial charge is 0.227 e. The molecule has 0 saturated carbocycles. The Balaban J connectivity index is 1.18. The number of hydrogen-bond acceptors (Lipinski definition) is 4. The zero-order valence-electron chi connectivity index (χ0n) is 26.4. The molecule has 0 spiro atoms. The van der Waals surface area contributed by atoms with Crippen molar-refractivity contribution in [1.82, 2.24) is 4.98 Å². The number of fused-ring (bicyclic) bond motifs is 8. The van der Waals surface area contributed by atoms with Crippen LogP contribution < -0.4 is 4.90 Å². The quantitative estimate of drug-likeness (QED) is 0.178. The summed E-state index contributed by atoms with van der Waals surface area (Å²) in [5, 5.41) is 6.68. The molecule has 2 heterocycles. The van der Waals surface area contributed by atoms with Gasteiger partial charge >= 0.3 is 0 Å². The van der Waals surface area contributed by atoms with Crippen molar-refractivity contribution < 1.29 is 8.83 Å². The fourth-order valence-corrected chi connectivity index (χ4v) is 7.20. The first-order valence-corrected chi connectivity index (χ1v) is 16.5. The predicted octanol–water partition coefficient (Wildman–Crippen LogP) is 12.8. The van der Waals surface area contributed by atoms with Gasteiger partial charge in [0.15, 0.2) is 5.58 Å². The van der Waals surface area contributed by atoms with E-state index in [9.17, 15) is 0 Å². The lowest BCUT2D eigenvalue weighted by molar-refractivity contribution is 0.623. The van der Waals surface area contributed by atoms with Crippen molar-refractivity contribution in [3.05, 3.63) is 170 Å². The number of benzene rings is 8. The van der Waals surface area contributed by atoms with Gasteiger partial charge in [0.05, 0.1) is 0 Å². The van der Waals surface area contributed by atoms with Crippen molar-refractivity contribution in [3.8, 4) is 22.6 Å². The van der Waals surface area contributed by atoms with Gasteiger partial charge in [-0.2, -0.15) is 0 Å². The molecule has 0 bridgehead atoms. The van der Waals surface area contributed by atoms with Crippen LogP contribution in [-0.2, 0) is 0 Å². The lowest BCUT2D eigenvalue weighted by Crippen LogP contribution is -2.09. The van der Waals surface area contributed by atoms with E-state index in [0.29, 0.717) is 5.89 Å². The molecule has 0 radical (unpaired) electrons. The van der Waals surface area contributed by atoms with Crippen LogP contribution in [0, 0.1) is 0 Å². The molecular formula is C45H28N2O2. The second kappa shape index (κ2) is 11.0. The highest BCUT2D eigenvalue weighted by Crippen LogP contribution is 2.42. The van der Waals surface area contributed by atoms with Crippen LogP contribution in [0.2, 0.25) is 0 Å². The molecule has 0 aliphatic carbocycles. The van der Waals surface area contributed by atoms with Crippen molar-refractivity contribution in [1.29, 1.82) is 0 Å². The summed E-state index contributed by atoms with van der Waals surface area (Å²) in [6.45, 7) is 0. The van der Waals surface area contributed by atoms with E-state index in [1.165, 1.54) is 0 Å². The monoisotopic (exact) mass is 628 g/mol. The molecule has 0 fully saturated rings. The third-order valence-electron chi connectivity index (χ3n) is 9.45. The largest absolute Gasteiger partial charge is 0.456 e. The second-order valence-electron chi connectivity index (χ2n) is 12.4. The van der Waals surface area contributed by atoms with Crippen LogP contribution >= 0.6 is 0 Å². The first-order valence-electron chi connectivity index (χ1n) is 16.5. The van der Waals surface area contributed by atoms with Crippen LogP contribution in [0.25, 0.3) is 77.2 Å². The number of rotatable bonds is 5. The summed E-state index contributed by atoms with van der Waals surface area (Å²) in [4.78, 5) is 7.21. The Labute approximate surface area is 282 Å². The number of aromatic nitrogens is 1. The van der Waals surface area contributed by atoms with E-state index >= 15 is 0 Å². The minimum atomic E-state index is 0.624. The first-order chi connectivity index (χ1) is 24.3. The van der Waals surface area contributed by atoms with E-state index in [0.717, 1.165) is 88.3 Å². The number of nitrogens with zero attached hydrogens (tertiary/aromatic N) is 2. The van der Waals surface area contributed by atoms with Crippen LogP contribution in [0.4, 0.5) is 17.1 Å². The molecule has 10 aromatic rings. The molecule has 4 heteroatoms. The molecule has 0 aliphatic heterocycles. The van der Waals surface area contributed by atoms with Crippen LogP contribution in [0.5, 0.6) is 0 Å². The summed E-state index contributed by atoms with van der Waals surface area (Å²) in [5.74, 6) is 0.624. The summed E-state index contributed by atoms with van der Waals surface area (Å²) >= 11 is 0. The van der Waals surface area contributed by atoms with Crippen molar-refractivity contribution in [3.63, 3.8) is 0 Å². The summed E-state index contributed by atoms with van der Waals surface area (Å²) in [5.41, 5.74) is 9.84. The van der Waals surface area contributed by atoms with E-state index < -0.39 is 0 Å². The highest BCUT2D eigenvalue weighted by atomic mass is 16.3. The molecule has 0 saturated heterocycles. The number of para-hydroxylation sites is 2. The fraction of sp³-hybridized carbons (Fsp3) is 0. The first kappa shape index (κ1) is 27.5. The Hall–Kier alpha value is -6.65. The van der Waals surface area contributed by atoms with Gasteiger partial charge in [-0.25, -0.2) is 4.98 Å². The normalized spacial score (nSPS) is 11.7. The third-order valence-corrected chi connectivity index (χ3v) is 9.45. The summed E-state index contributed by atoms with van der Waals surface area (Å²) < 4.78 is 12.8. The van der Waals surface area contributed by atoms with E-state index in [2.05, 4.69) is 126 Å². The van der Waals surface area contributed by atoms with Gasteiger partial charge in [-0.05, 0) is 94.0 Å². The van der Waals surface area contributed by atoms with Gasteiger partial charge < -0.3 is 13.7 Å². The average molecular weight is 629 g/mol. The van der Waals surface area contributed by atoms with Gasteiger partial charge in [0.25, 0.3) is 0 Å². The van der Waals surface area contributed by atoms with Crippen molar-refractivity contribution in [2.45, 2.75) is 0 Å². The Morgan fingerprint density at radius 2 is 1.10 bits per heavy atom. The molecule has 49 heavy (non-hydrogen) atoms. The van der Waals surface area contributed by atoms with Crippen LogP contribution in [-0.4, -0.2) is 4.98 Å². The van der Waals surface area contributed by atoms with Gasteiger partial charge in [-0.1, -0.05) is 103 Å². The Kier molecular flexibility index (Phi) is 6.15. The van der Waals surface area contributed by atoms with Crippen molar-refractivity contribution >= 4 is 71.6 Å². The van der Waals surface area contributed by atoms with Crippen molar-refractivity contribution in [2.24, 2.45) is 0 Å². The van der Waals surface area contributed by atoms with E-state index in [4.69, 9.17) is 13.8 Å². The zero-order valence-corrected chi connectivity index (χ0v) is 26.4. The van der Waals surface area contributed by atoms with Gasteiger partial charge in [-0.3, -0.25) is 0 Å². The van der Waals surface area contributed by atoms with E-state index in [1.807, 2.05) is 48.5 Å². The fourth-order valence-electron chi connectivity index (χ4n) is 7.20. The predicted molar refractivity (Wildman–Crippen MR) is 202 cm³/mol. The average Bonchev–Trinajstić information content (AvgIpc) is 3.78. The summed E-state index contributed by atoms with van der Waals surface area (Å²) in [7, 11) is 0. The van der Waals surface area contributed by atoms with Crippen LogP contribution in [0.1, 0.15) is 0 Å². The maximum atomic E-state index is 6.54. The molecule has 0 unspecified atom stereocenters. The van der Waals surface area contributed by atoms with Gasteiger partial charge in [0.1, 0.15) is 16.7 Å². The lowest BCUT2D eigenvalue weighted by Gasteiger charge is -2.26. The molecule has 2 aromatic heterocycles. The van der Waals surface area contributed by atoms with E-state index in [1.54, 1.807) is 0 Å². The molecule has 10 rings (SSSR count). The highest BCUT2D eigenvalue weighted by Gasteiger charge is 2.18. The summed E-state index contributed by atoms with van der Waals surface area (Å²) in [6, 6.07) is 59.2. The lowest BCUT2D eigenvalue weighted by atomic mass is 9.98. The van der Waals surface area contributed by atoms with Gasteiger partial charge in [0.2, 0.25) is 5.89 Å². The Morgan fingerprint density at radius 1 is 0.429 bits per heavy atom. The SMILES string of the molecule is c1ccc(-c2nc3ccc4ccc5ccc(N(c6ccccc6)c6cccc(-c7cccc8oc9ccccc9c78)c6)cc5c4c3o2)cc1. The second-order valence-corrected chi connectivity index (χ2v) is 12.4. The molecule has 4 nitrogen and oxygen atoms in total. The minimum Gasteiger partial charge on any atom is -0.456 e. The number of hydrogen-bond donors (Lipinski definition) is 0.